The largest absolute Gasteiger partial charge is 0.337 e. The summed E-state index contributed by atoms with van der Waals surface area (Å²) in [5.74, 6) is 0.0493. The number of likely N-dealkylation sites (tertiary alicyclic amines) is 1. The van der Waals surface area contributed by atoms with Crippen LogP contribution >= 0.6 is 0 Å². The zero-order valence-electron chi connectivity index (χ0n) is 21.0. The van der Waals surface area contributed by atoms with E-state index in [9.17, 15) is 4.79 Å². The van der Waals surface area contributed by atoms with Crippen LogP contribution in [-0.4, -0.2) is 66.5 Å². The second-order valence-electron chi connectivity index (χ2n) is 10.2. The summed E-state index contributed by atoms with van der Waals surface area (Å²) in [6.45, 7) is 0.790. The number of likely N-dealkylation sites (N-methyl/N-ethyl adjacent to an activating group) is 2. The van der Waals surface area contributed by atoms with Crippen LogP contribution in [0.4, 0.5) is 0 Å². The van der Waals surface area contributed by atoms with E-state index in [-0.39, 0.29) is 30.2 Å². The molecule has 1 aliphatic heterocycles. The smallest absolute Gasteiger partial charge is 0.253 e. The summed E-state index contributed by atoms with van der Waals surface area (Å²) in [6.07, 6.45) is 2.65. The molecule has 1 saturated heterocycles. The van der Waals surface area contributed by atoms with Crippen LogP contribution in [0.25, 0.3) is 0 Å². The molecule has 0 bridgehead atoms. The van der Waals surface area contributed by atoms with Crippen LogP contribution in [0.15, 0.2) is 78.9 Å². The number of hydrogen-bond donors (Lipinski definition) is 1. The Morgan fingerprint density at radius 1 is 0.800 bits per heavy atom. The fourth-order valence-electron chi connectivity index (χ4n) is 6.02. The van der Waals surface area contributed by atoms with Crippen molar-refractivity contribution in [3.8, 4) is 0 Å². The molecule has 182 valence electrons. The second kappa shape index (κ2) is 9.94. The number of piperidine rings is 1. The number of nitrogens with zero attached hydrogens (tertiary/aromatic N) is 3. The molecule has 5 nitrogen and oxygen atoms in total. The third-order valence-electron chi connectivity index (χ3n) is 7.95. The molecule has 0 radical (unpaired) electrons. The van der Waals surface area contributed by atoms with Crippen LogP contribution in [0.1, 0.15) is 45.1 Å². The molecule has 2 N–H and O–H groups in total. The first-order valence-corrected chi connectivity index (χ1v) is 12.6. The Balaban J connectivity index is 1.50. The number of rotatable bonds is 4. The van der Waals surface area contributed by atoms with Crippen LogP contribution < -0.4 is 5.73 Å². The fourth-order valence-corrected chi connectivity index (χ4v) is 6.02. The molecule has 1 fully saturated rings. The van der Waals surface area contributed by atoms with Gasteiger partial charge in [0.25, 0.3) is 5.91 Å². The zero-order valence-corrected chi connectivity index (χ0v) is 21.0. The van der Waals surface area contributed by atoms with Crippen molar-refractivity contribution < 1.29 is 4.79 Å². The lowest BCUT2D eigenvalue weighted by molar-refractivity contribution is 0.00182. The summed E-state index contributed by atoms with van der Waals surface area (Å²) in [5.41, 5.74) is 13.2. The minimum absolute atomic E-state index is 0.0280. The van der Waals surface area contributed by atoms with Gasteiger partial charge in [-0.05, 0) is 67.7 Å². The number of aryl methyl sites for hydroxylation is 2. The van der Waals surface area contributed by atoms with Crippen molar-refractivity contribution in [1.29, 1.82) is 0 Å². The van der Waals surface area contributed by atoms with Gasteiger partial charge in [-0.15, -0.1) is 0 Å². The predicted octanol–water partition coefficient (Wildman–Crippen LogP) is 3.94. The summed E-state index contributed by atoms with van der Waals surface area (Å²) in [5, 5.41) is 0. The topological polar surface area (TPSA) is 52.8 Å². The molecule has 3 atom stereocenters. The van der Waals surface area contributed by atoms with E-state index in [2.05, 4.69) is 72.4 Å². The van der Waals surface area contributed by atoms with Crippen molar-refractivity contribution in [2.24, 2.45) is 5.73 Å². The van der Waals surface area contributed by atoms with Crippen LogP contribution in [0.3, 0.4) is 0 Å². The van der Waals surface area contributed by atoms with E-state index in [0.717, 1.165) is 31.4 Å². The normalized spacial score (nSPS) is 22.8. The van der Waals surface area contributed by atoms with Crippen LogP contribution in [-0.2, 0) is 12.8 Å². The van der Waals surface area contributed by atoms with Crippen LogP contribution in [0, 0.1) is 0 Å². The first kappa shape index (κ1) is 23.7. The lowest BCUT2D eigenvalue weighted by Crippen LogP contribution is -2.64. The maximum absolute atomic E-state index is 13.3. The monoisotopic (exact) mass is 468 g/mol. The summed E-state index contributed by atoms with van der Waals surface area (Å²) < 4.78 is 0. The van der Waals surface area contributed by atoms with Crippen molar-refractivity contribution >= 4 is 5.91 Å². The van der Waals surface area contributed by atoms with Crippen molar-refractivity contribution in [1.82, 2.24) is 14.7 Å². The molecule has 0 aromatic heterocycles. The SMILES string of the molecule is CN(C)C1CN(C2c3ccccc3CCc3ccccc32)C(N)CC1N(C)C(=O)c1ccccc1. The van der Waals surface area contributed by atoms with Gasteiger partial charge < -0.3 is 15.5 Å². The molecule has 3 unspecified atom stereocenters. The first-order chi connectivity index (χ1) is 17.0. The molecule has 35 heavy (non-hydrogen) atoms. The molecular weight excluding hydrogens is 432 g/mol. The molecule has 1 aliphatic carbocycles. The number of hydrogen-bond acceptors (Lipinski definition) is 4. The highest BCUT2D eigenvalue weighted by molar-refractivity contribution is 5.94. The lowest BCUT2D eigenvalue weighted by Gasteiger charge is -2.50. The minimum Gasteiger partial charge on any atom is -0.337 e. The van der Waals surface area contributed by atoms with Crippen molar-refractivity contribution in [3.63, 3.8) is 0 Å². The van der Waals surface area contributed by atoms with Crippen molar-refractivity contribution in [3.05, 3.63) is 107 Å². The van der Waals surface area contributed by atoms with Crippen LogP contribution in [0.5, 0.6) is 0 Å². The Kier molecular flexibility index (Phi) is 6.74. The van der Waals surface area contributed by atoms with Gasteiger partial charge in [-0.1, -0.05) is 66.7 Å². The van der Waals surface area contributed by atoms with Gasteiger partial charge >= 0.3 is 0 Å². The number of nitrogens with two attached hydrogens (primary N) is 1. The van der Waals surface area contributed by atoms with E-state index in [1.54, 1.807) is 0 Å². The first-order valence-electron chi connectivity index (χ1n) is 12.6. The Hall–Kier alpha value is -2.99. The molecule has 0 spiro atoms. The molecular formula is C30H36N4O. The Morgan fingerprint density at radius 3 is 1.91 bits per heavy atom. The molecule has 3 aromatic rings. The maximum atomic E-state index is 13.3. The Labute approximate surface area is 209 Å². The van der Waals surface area contributed by atoms with E-state index in [1.165, 1.54) is 22.3 Å². The lowest BCUT2D eigenvalue weighted by atomic mass is 9.87. The van der Waals surface area contributed by atoms with Gasteiger partial charge in [0.15, 0.2) is 0 Å². The zero-order chi connectivity index (χ0) is 24.5. The Bertz CT molecular complexity index is 1130. The third-order valence-corrected chi connectivity index (χ3v) is 7.95. The second-order valence-corrected chi connectivity index (χ2v) is 10.2. The molecule has 3 aromatic carbocycles. The van der Waals surface area contributed by atoms with Gasteiger partial charge in [0, 0.05) is 25.2 Å². The minimum atomic E-state index is -0.161. The number of carbonyl (C=O) groups is 1. The highest BCUT2D eigenvalue weighted by Crippen LogP contribution is 2.40. The van der Waals surface area contributed by atoms with Gasteiger partial charge in [0.05, 0.1) is 18.2 Å². The van der Waals surface area contributed by atoms with Gasteiger partial charge in [-0.2, -0.15) is 0 Å². The molecule has 1 heterocycles. The van der Waals surface area contributed by atoms with Crippen molar-refractivity contribution in [2.45, 2.75) is 43.6 Å². The van der Waals surface area contributed by atoms with E-state index >= 15 is 0 Å². The number of benzene rings is 3. The van der Waals surface area contributed by atoms with Crippen molar-refractivity contribution in [2.75, 3.05) is 27.7 Å². The fraction of sp³-hybridized carbons (Fsp3) is 0.367. The quantitative estimate of drug-likeness (QED) is 0.630. The molecule has 0 saturated carbocycles. The van der Waals surface area contributed by atoms with Gasteiger partial charge in [0.2, 0.25) is 0 Å². The molecule has 5 heteroatoms. The van der Waals surface area contributed by atoms with Crippen LogP contribution in [0.2, 0.25) is 0 Å². The maximum Gasteiger partial charge on any atom is 0.253 e. The molecule has 1 amide bonds. The number of amides is 1. The average Bonchev–Trinajstić information content (AvgIpc) is 3.05. The Morgan fingerprint density at radius 2 is 1.34 bits per heavy atom. The highest BCUT2D eigenvalue weighted by atomic mass is 16.2. The van der Waals surface area contributed by atoms with E-state index in [0.29, 0.717) is 0 Å². The molecule has 2 aliphatic rings. The number of carbonyl (C=O) groups excluding carboxylic acids is 1. The molecule has 5 rings (SSSR count). The van der Waals surface area contributed by atoms with E-state index < -0.39 is 0 Å². The predicted molar refractivity (Wildman–Crippen MR) is 141 cm³/mol. The van der Waals surface area contributed by atoms with E-state index in [4.69, 9.17) is 5.73 Å². The summed E-state index contributed by atoms with van der Waals surface area (Å²) >= 11 is 0. The number of fused-ring (bicyclic) bond motifs is 2. The van der Waals surface area contributed by atoms with Gasteiger partial charge in [-0.3, -0.25) is 9.69 Å². The summed E-state index contributed by atoms with van der Waals surface area (Å²) in [7, 11) is 6.15. The third kappa shape index (κ3) is 4.52. The summed E-state index contributed by atoms with van der Waals surface area (Å²) in [6, 6.07) is 27.5. The highest BCUT2D eigenvalue weighted by Gasteiger charge is 2.43. The average molecular weight is 469 g/mol. The van der Waals surface area contributed by atoms with E-state index in [1.807, 2.05) is 42.3 Å². The van der Waals surface area contributed by atoms with Gasteiger partial charge in [0.1, 0.15) is 0 Å². The summed E-state index contributed by atoms with van der Waals surface area (Å²) in [4.78, 5) is 20.0. The standard InChI is InChI=1S/C30H36N4O/c1-32(2)27-20-34(28(31)19-26(27)33(3)30(35)23-13-5-4-6-14-23)29-24-15-9-7-11-21(24)17-18-22-12-8-10-16-25(22)29/h4-16,26-29H,17-20,31H2,1-3H3. The van der Waals surface area contributed by atoms with Gasteiger partial charge in [-0.25, -0.2) is 0 Å².